The normalized spacial score (nSPS) is 12.0. The summed E-state index contributed by atoms with van der Waals surface area (Å²) >= 11 is 0. The summed E-state index contributed by atoms with van der Waals surface area (Å²) in [5.74, 6) is -0.201. The van der Waals surface area contributed by atoms with Crippen molar-refractivity contribution < 1.29 is 9.90 Å². The van der Waals surface area contributed by atoms with Gasteiger partial charge in [0.2, 0.25) is 0 Å². The van der Waals surface area contributed by atoms with Gasteiger partial charge in [0, 0.05) is 12.8 Å². The number of nitrogens with zero attached hydrogens (tertiary/aromatic N) is 2. The maximum absolute atomic E-state index is 12.6. The van der Waals surface area contributed by atoms with Crippen LogP contribution in [0, 0.1) is 6.92 Å². The molecule has 0 aliphatic heterocycles. The van der Waals surface area contributed by atoms with E-state index in [2.05, 4.69) is 15.3 Å². The maximum Gasteiger partial charge on any atom is 0.255 e. The van der Waals surface area contributed by atoms with Crippen LogP contribution in [0.25, 0.3) is 0 Å². The van der Waals surface area contributed by atoms with Gasteiger partial charge in [-0.25, -0.2) is 9.97 Å². The van der Waals surface area contributed by atoms with Crippen LogP contribution in [0.15, 0.2) is 36.8 Å². The first-order chi connectivity index (χ1) is 11.2. The summed E-state index contributed by atoms with van der Waals surface area (Å²) in [5.41, 5.74) is 3.40. The van der Waals surface area contributed by atoms with Gasteiger partial charge in [0.15, 0.2) is 0 Å². The molecule has 5 heteroatoms. The van der Waals surface area contributed by atoms with Crippen molar-refractivity contribution in [2.75, 3.05) is 6.61 Å². The Morgan fingerprint density at radius 3 is 2.70 bits per heavy atom. The second-order valence-electron chi connectivity index (χ2n) is 5.58. The number of aryl methyl sites for hydroxylation is 2. The van der Waals surface area contributed by atoms with Crippen molar-refractivity contribution >= 4 is 5.91 Å². The first-order valence-electron chi connectivity index (χ1n) is 7.92. The van der Waals surface area contributed by atoms with Gasteiger partial charge in [-0.05, 0) is 25.3 Å². The van der Waals surface area contributed by atoms with Gasteiger partial charge in [-0.1, -0.05) is 43.2 Å². The number of nitrogens with one attached hydrogen (secondary N) is 1. The van der Waals surface area contributed by atoms with Crippen LogP contribution in [0.4, 0.5) is 0 Å². The van der Waals surface area contributed by atoms with Gasteiger partial charge in [0.1, 0.15) is 6.33 Å². The maximum atomic E-state index is 12.6. The van der Waals surface area contributed by atoms with Crippen LogP contribution in [0.1, 0.15) is 53.0 Å². The molecule has 0 aliphatic carbocycles. The van der Waals surface area contributed by atoms with Crippen molar-refractivity contribution in [2.24, 2.45) is 0 Å². The molecular formula is C18H23N3O2. The number of carbonyl (C=O) groups is 1. The number of hydrogen-bond donors (Lipinski definition) is 2. The quantitative estimate of drug-likeness (QED) is 0.824. The molecule has 1 atom stereocenters. The number of aliphatic hydroxyl groups excluding tert-OH is 1. The van der Waals surface area contributed by atoms with Crippen molar-refractivity contribution in [1.82, 2.24) is 15.3 Å². The fraction of sp³-hybridized carbons (Fsp3) is 0.389. The van der Waals surface area contributed by atoms with Crippen LogP contribution in [-0.2, 0) is 6.42 Å². The summed E-state index contributed by atoms with van der Waals surface area (Å²) < 4.78 is 0. The van der Waals surface area contributed by atoms with E-state index in [0.29, 0.717) is 12.0 Å². The van der Waals surface area contributed by atoms with Crippen LogP contribution in [0.5, 0.6) is 0 Å². The van der Waals surface area contributed by atoms with Crippen LogP contribution in [0.2, 0.25) is 0 Å². The van der Waals surface area contributed by atoms with Crippen LogP contribution in [0.3, 0.4) is 0 Å². The molecule has 0 saturated heterocycles. The molecule has 0 aliphatic rings. The fourth-order valence-electron chi connectivity index (χ4n) is 2.47. The minimum atomic E-state index is -0.234. The SMILES string of the molecule is CCCc1ncncc1C(=O)N[C@H](CCO)c1ccc(C)cc1. The first kappa shape index (κ1) is 17.1. The van der Waals surface area contributed by atoms with Crippen LogP contribution >= 0.6 is 0 Å². The zero-order valence-corrected chi connectivity index (χ0v) is 13.6. The molecule has 1 amide bonds. The van der Waals surface area contributed by atoms with E-state index < -0.39 is 0 Å². The molecule has 1 heterocycles. The summed E-state index contributed by atoms with van der Waals surface area (Å²) in [6.07, 6.45) is 5.13. The standard InChI is InChI=1S/C18H23N3O2/c1-3-4-17-15(11-19-12-20-17)18(23)21-16(9-10-22)14-7-5-13(2)6-8-14/h5-8,11-12,16,22H,3-4,9-10H2,1-2H3,(H,21,23)/t16-/m1/s1. The molecule has 1 aromatic carbocycles. The summed E-state index contributed by atoms with van der Waals surface area (Å²) in [6.45, 7) is 4.07. The molecular weight excluding hydrogens is 290 g/mol. The minimum Gasteiger partial charge on any atom is -0.396 e. The molecule has 1 aromatic heterocycles. The van der Waals surface area contributed by atoms with Crippen LogP contribution in [-0.4, -0.2) is 27.6 Å². The van der Waals surface area contributed by atoms with Crippen molar-refractivity contribution in [3.05, 3.63) is 59.2 Å². The van der Waals surface area contributed by atoms with E-state index in [-0.39, 0.29) is 18.6 Å². The lowest BCUT2D eigenvalue weighted by Crippen LogP contribution is -2.30. The number of rotatable bonds is 7. The molecule has 122 valence electrons. The average Bonchev–Trinajstić information content (AvgIpc) is 2.56. The molecule has 0 radical (unpaired) electrons. The number of aromatic nitrogens is 2. The van der Waals surface area contributed by atoms with Gasteiger partial charge in [-0.3, -0.25) is 4.79 Å². The summed E-state index contributed by atoms with van der Waals surface area (Å²) in [6, 6.07) is 7.72. The Balaban J connectivity index is 2.19. The molecule has 5 nitrogen and oxygen atoms in total. The van der Waals surface area contributed by atoms with Crippen molar-refractivity contribution in [1.29, 1.82) is 0 Å². The second-order valence-corrected chi connectivity index (χ2v) is 5.58. The van der Waals surface area contributed by atoms with E-state index in [1.165, 1.54) is 6.33 Å². The van der Waals surface area contributed by atoms with E-state index in [9.17, 15) is 9.90 Å². The van der Waals surface area contributed by atoms with E-state index in [1.54, 1.807) is 6.20 Å². The summed E-state index contributed by atoms with van der Waals surface area (Å²) in [7, 11) is 0. The molecule has 0 saturated carbocycles. The Hall–Kier alpha value is -2.27. The lowest BCUT2D eigenvalue weighted by molar-refractivity contribution is 0.0928. The molecule has 0 fully saturated rings. The van der Waals surface area contributed by atoms with Crippen molar-refractivity contribution in [2.45, 2.75) is 39.2 Å². The Bertz CT molecular complexity index is 641. The molecule has 2 N–H and O–H groups in total. The number of aliphatic hydroxyl groups is 1. The smallest absolute Gasteiger partial charge is 0.255 e. The highest BCUT2D eigenvalue weighted by Gasteiger charge is 2.18. The Morgan fingerprint density at radius 1 is 1.30 bits per heavy atom. The third-order valence-electron chi connectivity index (χ3n) is 3.73. The van der Waals surface area contributed by atoms with E-state index in [0.717, 1.165) is 29.7 Å². The second kappa shape index (κ2) is 8.39. The number of amides is 1. The third kappa shape index (κ3) is 4.60. The molecule has 0 spiro atoms. The predicted octanol–water partition coefficient (Wildman–Crippen LogP) is 2.59. The average molecular weight is 313 g/mol. The number of carbonyl (C=O) groups excluding carboxylic acids is 1. The van der Waals surface area contributed by atoms with Crippen molar-refractivity contribution in [3.8, 4) is 0 Å². The Kier molecular flexibility index (Phi) is 6.23. The molecule has 2 aromatic rings. The lowest BCUT2D eigenvalue weighted by Gasteiger charge is -2.19. The lowest BCUT2D eigenvalue weighted by atomic mass is 10.0. The summed E-state index contributed by atoms with van der Waals surface area (Å²) in [5, 5.41) is 12.3. The highest BCUT2D eigenvalue weighted by atomic mass is 16.3. The molecule has 0 bridgehead atoms. The zero-order chi connectivity index (χ0) is 16.7. The Labute approximate surface area is 136 Å². The Morgan fingerprint density at radius 2 is 2.04 bits per heavy atom. The van der Waals surface area contributed by atoms with Gasteiger partial charge in [0.25, 0.3) is 5.91 Å². The van der Waals surface area contributed by atoms with E-state index >= 15 is 0 Å². The largest absolute Gasteiger partial charge is 0.396 e. The highest BCUT2D eigenvalue weighted by molar-refractivity contribution is 5.95. The van der Waals surface area contributed by atoms with Gasteiger partial charge in [0.05, 0.1) is 17.3 Å². The number of hydrogen-bond acceptors (Lipinski definition) is 4. The number of benzene rings is 1. The van der Waals surface area contributed by atoms with E-state index in [4.69, 9.17) is 0 Å². The summed E-state index contributed by atoms with van der Waals surface area (Å²) in [4.78, 5) is 20.8. The third-order valence-corrected chi connectivity index (χ3v) is 3.73. The topological polar surface area (TPSA) is 75.1 Å². The highest BCUT2D eigenvalue weighted by Crippen LogP contribution is 2.18. The molecule has 23 heavy (non-hydrogen) atoms. The zero-order valence-electron chi connectivity index (χ0n) is 13.6. The first-order valence-corrected chi connectivity index (χ1v) is 7.92. The van der Waals surface area contributed by atoms with Gasteiger partial charge in [-0.2, -0.15) is 0 Å². The fourth-order valence-corrected chi connectivity index (χ4v) is 2.47. The van der Waals surface area contributed by atoms with Gasteiger partial charge >= 0.3 is 0 Å². The minimum absolute atomic E-state index is 0.00588. The predicted molar refractivity (Wildman–Crippen MR) is 89.1 cm³/mol. The monoisotopic (exact) mass is 313 g/mol. The molecule has 2 rings (SSSR count). The van der Waals surface area contributed by atoms with Gasteiger partial charge < -0.3 is 10.4 Å². The van der Waals surface area contributed by atoms with Gasteiger partial charge in [-0.15, -0.1) is 0 Å². The van der Waals surface area contributed by atoms with E-state index in [1.807, 2.05) is 38.1 Å². The molecule has 0 unspecified atom stereocenters. The van der Waals surface area contributed by atoms with Crippen LogP contribution < -0.4 is 5.32 Å². The van der Waals surface area contributed by atoms with Crippen molar-refractivity contribution in [3.63, 3.8) is 0 Å².